The van der Waals surface area contributed by atoms with Crippen LogP contribution in [0.1, 0.15) is 74.8 Å². The summed E-state index contributed by atoms with van der Waals surface area (Å²) < 4.78 is 33.2. The summed E-state index contributed by atoms with van der Waals surface area (Å²) in [6.07, 6.45) is -2.37. The maximum absolute atomic E-state index is 13.8. The molecule has 334 valence electrons. The molecule has 2 saturated heterocycles. The number of hydrogen-bond donors (Lipinski definition) is 1. The number of aliphatic hydroxyl groups excluding tert-OH is 1. The number of aliphatic hydroxyl groups is 1. The zero-order chi connectivity index (χ0) is 45.1. The molecule has 3 heterocycles. The lowest BCUT2D eigenvalue weighted by molar-refractivity contribution is -0.149. The Labute approximate surface area is 368 Å². The van der Waals surface area contributed by atoms with E-state index in [2.05, 4.69) is 25.8 Å². The van der Waals surface area contributed by atoms with Gasteiger partial charge in [0.15, 0.2) is 12.0 Å². The first kappa shape index (κ1) is 46.4. The summed E-state index contributed by atoms with van der Waals surface area (Å²) >= 11 is 0. The Kier molecular flexibility index (Phi) is 15.7. The third-order valence-corrected chi connectivity index (χ3v) is 10.7. The Bertz CT molecular complexity index is 2330. The summed E-state index contributed by atoms with van der Waals surface area (Å²) in [6.45, 7) is 12.8. The molecule has 63 heavy (non-hydrogen) atoms. The quantitative estimate of drug-likeness (QED) is 0.103. The molecule has 14 heteroatoms. The maximum Gasteiger partial charge on any atom is 0.417 e. The second-order valence-electron chi connectivity index (χ2n) is 16.3. The van der Waals surface area contributed by atoms with Crippen molar-refractivity contribution in [2.24, 2.45) is 0 Å². The lowest BCUT2D eigenvalue weighted by atomic mass is 9.95. The van der Waals surface area contributed by atoms with Crippen LogP contribution < -0.4 is 4.74 Å². The smallest absolute Gasteiger partial charge is 0.417 e. The number of ether oxygens (including phenoxy) is 5. The highest BCUT2D eigenvalue weighted by molar-refractivity contribution is 5.98. The maximum atomic E-state index is 13.8. The van der Waals surface area contributed by atoms with Gasteiger partial charge in [-0.2, -0.15) is 0 Å². The molecule has 0 unspecified atom stereocenters. The number of carbonyl (C=O) groups is 4. The molecule has 0 saturated carbocycles. The Hall–Kier alpha value is -6.09. The molecule has 0 bridgehead atoms. The van der Waals surface area contributed by atoms with Crippen LogP contribution in [0.2, 0.25) is 0 Å². The monoisotopic (exact) mass is 863 g/mol. The highest BCUT2D eigenvalue weighted by atomic mass is 16.6. The second kappa shape index (κ2) is 21.3. The van der Waals surface area contributed by atoms with Crippen molar-refractivity contribution in [3.63, 3.8) is 0 Å². The van der Waals surface area contributed by atoms with Crippen LogP contribution in [0.25, 0.3) is 10.8 Å². The van der Waals surface area contributed by atoms with Crippen molar-refractivity contribution in [1.29, 1.82) is 0 Å². The average molecular weight is 864 g/mol. The topological polar surface area (TPSA) is 167 Å². The van der Waals surface area contributed by atoms with Crippen LogP contribution in [0.5, 0.6) is 5.75 Å². The van der Waals surface area contributed by atoms with Gasteiger partial charge in [0.25, 0.3) is 11.8 Å². The van der Waals surface area contributed by atoms with Crippen LogP contribution in [0, 0.1) is 6.92 Å². The van der Waals surface area contributed by atoms with Gasteiger partial charge >= 0.3 is 12.2 Å². The van der Waals surface area contributed by atoms with E-state index in [1.807, 2.05) is 91.9 Å². The fraction of sp³-hybridized carbons (Fsp3) is 0.408. The average Bonchev–Trinajstić information content (AvgIpc) is 3.97. The Morgan fingerprint density at radius 3 is 1.94 bits per heavy atom. The molecule has 0 aliphatic carbocycles. The van der Waals surface area contributed by atoms with Gasteiger partial charge in [-0.05, 0) is 61.8 Å². The molecule has 2 fully saturated rings. The number of nitrogens with zero attached hydrogens (tertiary/aromatic N) is 3. The molecule has 2 aliphatic heterocycles. The second-order valence-corrected chi connectivity index (χ2v) is 16.3. The number of fused-ring (bicyclic) bond motifs is 1. The third-order valence-electron chi connectivity index (χ3n) is 10.7. The summed E-state index contributed by atoms with van der Waals surface area (Å²) in [6, 6.07) is 29.6. The van der Waals surface area contributed by atoms with Gasteiger partial charge in [0, 0.05) is 30.4 Å². The predicted molar refractivity (Wildman–Crippen MR) is 234 cm³/mol. The fourth-order valence-electron chi connectivity index (χ4n) is 7.52. The first-order valence-corrected chi connectivity index (χ1v) is 21.4. The van der Waals surface area contributed by atoms with E-state index in [0.717, 1.165) is 32.9 Å². The SMILES string of the molecule is CCOCC(=O)N1C(=O)OC[C@@H]1Cc1ccccc1.CCO[C@H](C(=O)N1C(=O)OC[C@@H]1Cc1ccccc1)[C@H](O)c1ccc(OCCc2nc(C(C)(C)C)oc2C)c2ccccc12. The summed E-state index contributed by atoms with van der Waals surface area (Å²) in [5, 5.41) is 13.1. The molecule has 7 rings (SSSR count). The highest BCUT2D eigenvalue weighted by Crippen LogP contribution is 2.35. The largest absolute Gasteiger partial charge is 0.493 e. The Balaban J connectivity index is 0.000000290. The van der Waals surface area contributed by atoms with Gasteiger partial charge in [-0.3, -0.25) is 9.59 Å². The standard InChI is InChI=1S/C35H40N2O7.C14H17NO4/c1-6-41-31(32(39)37-24(21-43-34(37)40)20-23-12-8-7-9-13-23)30(38)27-16-17-29(26-15-11-10-14-25(26)27)42-19-18-28-22(2)44-33(36-28)35(3,4)5;1-2-18-10-13(16)15-12(9-19-14(15)17)8-11-6-4-3-5-7-11/h7-17,24,30-31,38H,6,18-21H2,1-5H3;3-7,12H,2,8-10H2,1H3/t24-,30+,31-;12-/m00/s1. The van der Waals surface area contributed by atoms with Crippen LogP contribution in [0.4, 0.5) is 9.59 Å². The molecule has 4 amide bonds. The minimum absolute atomic E-state index is 0.0781. The van der Waals surface area contributed by atoms with Crippen molar-refractivity contribution in [3.05, 3.63) is 131 Å². The number of cyclic esters (lactones) is 2. The van der Waals surface area contributed by atoms with Gasteiger partial charge in [0.05, 0.1) is 24.4 Å². The molecule has 4 aromatic carbocycles. The predicted octanol–water partition coefficient (Wildman–Crippen LogP) is 7.70. The van der Waals surface area contributed by atoms with Crippen LogP contribution in [-0.4, -0.2) is 102 Å². The molecular formula is C49H57N3O11. The van der Waals surface area contributed by atoms with Crippen LogP contribution >= 0.6 is 0 Å². The molecule has 4 atom stereocenters. The van der Waals surface area contributed by atoms with Gasteiger partial charge in [-0.1, -0.05) is 112 Å². The van der Waals surface area contributed by atoms with E-state index < -0.39 is 36.3 Å². The summed E-state index contributed by atoms with van der Waals surface area (Å²) in [4.78, 5) is 57.0. The molecule has 1 aromatic heterocycles. The van der Waals surface area contributed by atoms with E-state index in [1.165, 1.54) is 4.90 Å². The van der Waals surface area contributed by atoms with Crippen molar-refractivity contribution in [2.75, 3.05) is 39.6 Å². The van der Waals surface area contributed by atoms with Gasteiger partial charge in [0.2, 0.25) is 0 Å². The van der Waals surface area contributed by atoms with Crippen molar-refractivity contribution < 1.29 is 52.4 Å². The van der Waals surface area contributed by atoms with Crippen molar-refractivity contribution >= 4 is 34.8 Å². The fourth-order valence-corrected chi connectivity index (χ4v) is 7.52. The van der Waals surface area contributed by atoms with Crippen molar-refractivity contribution in [1.82, 2.24) is 14.8 Å². The van der Waals surface area contributed by atoms with E-state index in [0.29, 0.717) is 55.1 Å². The lowest BCUT2D eigenvalue weighted by Gasteiger charge is -2.28. The minimum atomic E-state index is -1.35. The third kappa shape index (κ3) is 11.5. The van der Waals surface area contributed by atoms with Crippen molar-refractivity contribution in [3.8, 4) is 5.75 Å². The zero-order valence-corrected chi connectivity index (χ0v) is 36.8. The van der Waals surface area contributed by atoms with Crippen LogP contribution in [0.15, 0.2) is 101 Å². The first-order valence-electron chi connectivity index (χ1n) is 21.4. The number of aromatic nitrogens is 1. The number of aryl methyl sites for hydroxylation is 1. The van der Waals surface area contributed by atoms with Gasteiger partial charge in [-0.25, -0.2) is 24.4 Å². The highest BCUT2D eigenvalue weighted by Gasteiger charge is 2.44. The normalized spacial score (nSPS) is 17.2. The number of hydrogen-bond acceptors (Lipinski definition) is 12. The van der Waals surface area contributed by atoms with Crippen molar-refractivity contribution in [2.45, 2.75) is 90.5 Å². The van der Waals surface area contributed by atoms with E-state index in [9.17, 15) is 24.3 Å². The summed E-state index contributed by atoms with van der Waals surface area (Å²) in [7, 11) is 0. The van der Waals surface area contributed by atoms with E-state index in [1.54, 1.807) is 26.0 Å². The summed E-state index contributed by atoms with van der Waals surface area (Å²) in [5.74, 6) is 1.14. The van der Waals surface area contributed by atoms with E-state index in [-0.39, 0.29) is 43.8 Å². The number of imide groups is 2. The number of benzene rings is 4. The minimum Gasteiger partial charge on any atom is -0.493 e. The Morgan fingerprint density at radius 1 is 0.794 bits per heavy atom. The van der Waals surface area contributed by atoms with Gasteiger partial charge in [0.1, 0.15) is 37.4 Å². The van der Waals surface area contributed by atoms with E-state index >= 15 is 0 Å². The molecule has 2 aliphatic rings. The Morgan fingerprint density at radius 2 is 1.37 bits per heavy atom. The molecule has 14 nitrogen and oxygen atoms in total. The molecule has 1 N–H and O–H groups in total. The molecule has 0 radical (unpaired) electrons. The number of carbonyl (C=O) groups excluding carboxylic acids is 4. The first-order chi connectivity index (χ1) is 30.3. The number of amides is 4. The molecule has 5 aromatic rings. The van der Waals surface area contributed by atoms with E-state index in [4.69, 9.17) is 28.1 Å². The van der Waals surface area contributed by atoms with Gasteiger partial charge < -0.3 is 33.2 Å². The van der Waals surface area contributed by atoms with Crippen LogP contribution in [0.3, 0.4) is 0 Å². The van der Waals surface area contributed by atoms with Crippen LogP contribution in [-0.2, 0) is 53.2 Å². The number of rotatable bonds is 16. The molecular weight excluding hydrogens is 807 g/mol. The zero-order valence-electron chi connectivity index (χ0n) is 36.8. The molecule has 0 spiro atoms. The number of oxazole rings is 1. The van der Waals surface area contributed by atoms with Gasteiger partial charge in [-0.15, -0.1) is 0 Å². The summed E-state index contributed by atoms with van der Waals surface area (Å²) in [5.41, 5.74) is 3.21. The lowest BCUT2D eigenvalue weighted by Crippen LogP contribution is -2.48.